The minimum atomic E-state index is -1.14. The van der Waals surface area contributed by atoms with Gasteiger partial charge in [-0.05, 0) is 57.0 Å². The van der Waals surface area contributed by atoms with Crippen molar-refractivity contribution in [3.63, 3.8) is 0 Å². The molecule has 9 nitrogen and oxygen atoms in total. The lowest BCUT2D eigenvalue weighted by molar-refractivity contribution is -0.150. The Bertz CT molecular complexity index is 1420. The number of nitrogens with zero attached hydrogens (tertiary/aromatic N) is 2. The summed E-state index contributed by atoms with van der Waals surface area (Å²) in [5, 5.41) is 16.2. The van der Waals surface area contributed by atoms with Crippen molar-refractivity contribution in [2.75, 3.05) is 10.6 Å². The van der Waals surface area contributed by atoms with Gasteiger partial charge in [-0.1, -0.05) is 42.5 Å². The van der Waals surface area contributed by atoms with Crippen molar-refractivity contribution in [2.45, 2.75) is 34.2 Å². The lowest BCUT2D eigenvalue weighted by Crippen LogP contribution is -2.51. The highest BCUT2D eigenvalue weighted by atomic mass is 16.5. The van der Waals surface area contributed by atoms with Gasteiger partial charge in [0.15, 0.2) is 0 Å². The molecule has 5 N–H and O–H groups in total. The van der Waals surface area contributed by atoms with E-state index in [2.05, 4.69) is 50.6 Å². The van der Waals surface area contributed by atoms with Crippen molar-refractivity contribution < 1.29 is 14.8 Å². The smallest absolute Gasteiger partial charge is 0.250 e. The van der Waals surface area contributed by atoms with Crippen molar-refractivity contribution in [2.24, 2.45) is 10.8 Å². The third-order valence-electron chi connectivity index (χ3n) is 6.98. The molecule has 38 heavy (non-hydrogen) atoms. The number of nitrogens with one attached hydrogen (secondary N) is 4. The summed E-state index contributed by atoms with van der Waals surface area (Å²) in [5.74, 6) is -0.219. The van der Waals surface area contributed by atoms with Gasteiger partial charge in [-0.25, -0.2) is 15.4 Å². The Balaban J connectivity index is 0.00000195. The molecule has 2 amide bonds. The fraction of sp³-hybridized carbons (Fsp3) is 0.241. The molecule has 0 unspecified atom stereocenters. The molecule has 0 spiro atoms. The number of amides is 2. The molecular formula is C29H32N6O3. The van der Waals surface area contributed by atoms with Crippen LogP contribution in [0.4, 0.5) is 11.5 Å². The predicted octanol–water partition coefficient (Wildman–Crippen LogP) is 4.98. The number of rotatable bonds is 8. The number of carbonyl (C=O) groups excluding carboxylic acids is 2. The van der Waals surface area contributed by atoms with Crippen LogP contribution >= 0.6 is 0 Å². The van der Waals surface area contributed by atoms with Crippen LogP contribution < -0.4 is 16.1 Å². The van der Waals surface area contributed by atoms with Crippen molar-refractivity contribution in [1.82, 2.24) is 20.4 Å². The maximum Gasteiger partial charge on any atom is 0.250 e. The lowest BCUT2D eigenvalue weighted by atomic mass is 9.66. The normalized spacial score (nSPS) is 11.2. The van der Waals surface area contributed by atoms with Crippen LogP contribution in [0.5, 0.6) is 0 Å². The molecule has 196 valence electrons. The molecule has 0 saturated carbocycles. The Labute approximate surface area is 222 Å². The number of aromatic nitrogens is 3. The second-order valence-corrected chi connectivity index (χ2v) is 9.73. The molecule has 0 aliphatic heterocycles. The summed E-state index contributed by atoms with van der Waals surface area (Å²) in [4.78, 5) is 37.2. The molecule has 0 fully saturated rings. The topological polar surface area (TPSA) is 132 Å². The summed E-state index contributed by atoms with van der Waals surface area (Å²) < 4.78 is 0. The zero-order chi connectivity index (χ0) is 27.9. The van der Waals surface area contributed by atoms with Gasteiger partial charge in [-0.15, -0.1) is 12.8 Å². The van der Waals surface area contributed by atoms with Crippen LogP contribution in [0.25, 0.3) is 22.3 Å². The number of carbonyl (C=O) groups is 2. The first kappa shape index (κ1) is 27.9. The summed E-state index contributed by atoms with van der Waals surface area (Å²) >= 11 is 0. The third kappa shape index (κ3) is 5.66. The first-order valence-electron chi connectivity index (χ1n) is 11.9. The first-order chi connectivity index (χ1) is 18.1. The molecule has 2 aromatic carbocycles. The molecule has 9 heteroatoms. The Hall–Kier alpha value is -4.68. The quantitative estimate of drug-likeness (QED) is 0.128. The van der Waals surface area contributed by atoms with E-state index in [1.807, 2.05) is 36.4 Å². The van der Waals surface area contributed by atoms with E-state index < -0.39 is 16.7 Å². The molecule has 0 aliphatic rings. The predicted molar refractivity (Wildman–Crippen MR) is 149 cm³/mol. The van der Waals surface area contributed by atoms with E-state index in [0.29, 0.717) is 12.2 Å². The van der Waals surface area contributed by atoms with Gasteiger partial charge in [0, 0.05) is 17.9 Å². The number of aromatic amines is 1. The van der Waals surface area contributed by atoms with Gasteiger partial charge in [-0.3, -0.25) is 14.8 Å². The van der Waals surface area contributed by atoms with Crippen LogP contribution in [0.15, 0.2) is 67.0 Å². The number of benzene rings is 2. The number of fused-ring (bicyclic) bond motifs is 1. The Kier molecular flexibility index (Phi) is 8.50. The summed E-state index contributed by atoms with van der Waals surface area (Å²) in [6.07, 6.45) is 9.52. The van der Waals surface area contributed by atoms with E-state index >= 15 is 0 Å². The Morgan fingerprint density at radius 3 is 2.18 bits per heavy atom. The summed E-state index contributed by atoms with van der Waals surface area (Å²) in [6, 6.07) is 19.5. The van der Waals surface area contributed by atoms with Gasteiger partial charge in [-0.2, -0.15) is 0 Å². The fourth-order valence-electron chi connectivity index (χ4n) is 3.75. The maximum atomic E-state index is 13.0. The summed E-state index contributed by atoms with van der Waals surface area (Å²) in [6.45, 7) is 7.21. The number of hydrogen-bond donors (Lipinski definition) is 5. The number of hydroxylamine groups is 1. The third-order valence-corrected chi connectivity index (χ3v) is 6.98. The van der Waals surface area contributed by atoms with Gasteiger partial charge >= 0.3 is 0 Å². The van der Waals surface area contributed by atoms with Crippen molar-refractivity contribution in [1.29, 1.82) is 0 Å². The van der Waals surface area contributed by atoms with Gasteiger partial charge in [0.05, 0.1) is 16.2 Å². The van der Waals surface area contributed by atoms with E-state index in [-0.39, 0.29) is 5.91 Å². The highest BCUT2D eigenvalue weighted by Gasteiger charge is 2.48. The molecule has 0 saturated heterocycles. The SMILES string of the molecule is C#C.CC(C)(C(=O)NO)C(C)(C)C(=O)Nc1ccc(-c2cc3c(NCc4ccccc4)ncnc3[nH]2)cc1. The largest absolute Gasteiger partial charge is 0.365 e. The number of anilines is 2. The zero-order valence-electron chi connectivity index (χ0n) is 21.9. The molecular weight excluding hydrogens is 480 g/mol. The van der Waals surface area contributed by atoms with Crippen LogP contribution in [0.1, 0.15) is 33.3 Å². The minimum Gasteiger partial charge on any atom is -0.365 e. The van der Waals surface area contributed by atoms with Gasteiger partial charge in [0.25, 0.3) is 0 Å². The molecule has 4 rings (SSSR count). The van der Waals surface area contributed by atoms with Crippen LogP contribution in [0.3, 0.4) is 0 Å². The lowest BCUT2D eigenvalue weighted by Gasteiger charge is -2.38. The van der Waals surface area contributed by atoms with Crippen molar-refractivity contribution in [3.8, 4) is 24.1 Å². The highest BCUT2D eigenvalue weighted by Crippen LogP contribution is 2.39. The molecule has 4 aromatic rings. The molecule has 2 heterocycles. The number of H-pyrrole nitrogens is 1. The zero-order valence-corrected chi connectivity index (χ0v) is 21.9. The van der Waals surface area contributed by atoms with E-state index in [0.717, 1.165) is 33.7 Å². The van der Waals surface area contributed by atoms with Crippen LogP contribution in [0, 0.1) is 23.7 Å². The second kappa shape index (κ2) is 11.6. The molecule has 2 aromatic heterocycles. The second-order valence-electron chi connectivity index (χ2n) is 9.73. The van der Waals surface area contributed by atoms with Gasteiger partial charge in [0.2, 0.25) is 11.8 Å². The Morgan fingerprint density at radius 2 is 1.55 bits per heavy atom. The first-order valence-corrected chi connectivity index (χ1v) is 11.9. The summed E-state index contributed by atoms with van der Waals surface area (Å²) in [7, 11) is 0. The van der Waals surface area contributed by atoms with Crippen LogP contribution in [-0.4, -0.2) is 32.0 Å². The van der Waals surface area contributed by atoms with E-state index in [9.17, 15) is 9.59 Å². The van der Waals surface area contributed by atoms with E-state index in [4.69, 9.17) is 5.21 Å². The van der Waals surface area contributed by atoms with Gasteiger partial charge in [0.1, 0.15) is 17.8 Å². The van der Waals surface area contributed by atoms with E-state index in [1.165, 1.54) is 6.33 Å². The number of terminal acetylenes is 1. The number of hydrogen-bond acceptors (Lipinski definition) is 6. The van der Waals surface area contributed by atoms with Crippen LogP contribution in [0.2, 0.25) is 0 Å². The van der Waals surface area contributed by atoms with Crippen molar-refractivity contribution >= 4 is 34.4 Å². The molecule has 0 aliphatic carbocycles. The molecule has 0 atom stereocenters. The standard InChI is InChI=1S/C27H30N6O3.C2H2/c1-26(2,27(3,4)25(35)33-36)24(34)31-19-12-10-18(11-13-19)21-14-20-22(29-16-30-23(20)32-21)28-15-17-8-6-5-7-9-17;1-2/h5-14,16,36H,15H2,1-4H3,(H,31,34)(H,33,35)(H2,28,29,30,32);1-2H. The monoisotopic (exact) mass is 512 g/mol. The van der Waals surface area contributed by atoms with E-state index in [1.54, 1.807) is 45.3 Å². The molecule has 0 radical (unpaired) electrons. The fourth-order valence-corrected chi connectivity index (χ4v) is 3.75. The van der Waals surface area contributed by atoms with Crippen molar-refractivity contribution in [3.05, 3.63) is 72.6 Å². The average Bonchev–Trinajstić information content (AvgIpc) is 3.38. The van der Waals surface area contributed by atoms with Gasteiger partial charge < -0.3 is 15.6 Å². The molecule has 0 bridgehead atoms. The van der Waals surface area contributed by atoms with Crippen LogP contribution in [-0.2, 0) is 16.1 Å². The minimum absolute atomic E-state index is 0.334. The Morgan fingerprint density at radius 1 is 0.921 bits per heavy atom. The summed E-state index contributed by atoms with van der Waals surface area (Å²) in [5.41, 5.74) is 3.68. The average molecular weight is 513 g/mol. The highest BCUT2D eigenvalue weighted by molar-refractivity contribution is 5.99. The maximum absolute atomic E-state index is 13.0.